The molecule has 8 heteroatoms. The molecule has 0 unspecified atom stereocenters. The van der Waals surface area contributed by atoms with Gasteiger partial charge >= 0.3 is 0 Å². The number of aromatic amines is 2. The van der Waals surface area contributed by atoms with Crippen LogP contribution >= 0.6 is 11.3 Å². The molecule has 0 spiro atoms. The van der Waals surface area contributed by atoms with Crippen molar-refractivity contribution >= 4 is 48.9 Å². The number of fused-ring (bicyclic) bond motifs is 2. The normalized spacial score (nSPS) is 12.0. The molecule has 0 fully saturated rings. The van der Waals surface area contributed by atoms with Crippen molar-refractivity contribution in [3.63, 3.8) is 0 Å². The molecule has 0 aliphatic carbocycles. The lowest BCUT2D eigenvalue weighted by Crippen LogP contribution is -2.11. The van der Waals surface area contributed by atoms with Crippen LogP contribution in [-0.2, 0) is 10.0 Å². The number of nitrogens with zero attached hydrogens (tertiary/aromatic N) is 1. The van der Waals surface area contributed by atoms with Crippen LogP contribution in [-0.4, -0.2) is 23.6 Å². The fourth-order valence-corrected chi connectivity index (χ4v) is 5.15. The van der Waals surface area contributed by atoms with Crippen molar-refractivity contribution in [3.8, 4) is 11.4 Å². The fourth-order valence-electron chi connectivity index (χ4n) is 3.11. The van der Waals surface area contributed by atoms with Gasteiger partial charge in [0.25, 0.3) is 10.0 Å². The van der Waals surface area contributed by atoms with Gasteiger partial charge in [0.2, 0.25) is 0 Å². The van der Waals surface area contributed by atoms with Gasteiger partial charge in [-0.3, -0.25) is 9.82 Å². The molecule has 0 aliphatic rings. The number of benzene rings is 2. The molecule has 3 heterocycles. The summed E-state index contributed by atoms with van der Waals surface area (Å²) in [7, 11) is -3.59. The highest BCUT2D eigenvalue weighted by molar-refractivity contribution is 7.94. The third kappa shape index (κ3) is 2.79. The predicted molar refractivity (Wildman–Crippen MR) is 109 cm³/mol. The first kappa shape index (κ1) is 16.1. The van der Waals surface area contributed by atoms with E-state index in [-0.39, 0.29) is 4.21 Å². The van der Waals surface area contributed by atoms with Crippen molar-refractivity contribution in [3.05, 3.63) is 66.0 Å². The number of aromatic nitrogens is 3. The summed E-state index contributed by atoms with van der Waals surface area (Å²) in [5.41, 5.74) is 3.98. The van der Waals surface area contributed by atoms with Gasteiger partial charge in [-0.2, -0.15) is 5.10 Å². The molecule has 0 atom stereocenters. The maximum Gasteiger partial charge on any atom is 0.271 e. The Hall–Kier alpha value is -3.10. The SMILES string of the molecule is O=S(=O)(Nc1ccc2[nH]nc(-c3cc4ccccc4[nH]3)c2c1)c1cccs1. The van der Waals surface area contributed by atoms with Crippen LogP contribution in [0, 0.1) is 0 Å². The minimum atomic E-state index is -3.59. The third-order valence-electron chi connectivity index (χ3n) is 4.36. The number of nitrogens with one attached hydrogen (secondary N) is 3. The summed E-state index contributed by atoms with van der Waals surface area (Å²) in [6, 6.07) is 18.7. The van der Waals surface area contributed by atoms with E-state index >= 15 is 0 Å². The maximum absolute atomic E-state index is 12.5. The number of sulfonamides is 1. The quantitative estimate of drug-likeness (QED) is 0.417. The van der Waals surface area contributed by atoms with Crippen LogP contribution < -0.4 is 4.72 Å². The first-order chi connectivity index (χ1) is 13.1. The number of rotatable bonds is 4. The Morgan fingerprint density at radius 2 is 1.85 bits per heavy atom. The summed E-state index contributed by atoms with van der Waals surface area (Å²) >= 11 is 1.18. The largest absolute Gasteiger partial charge is 0.353 e. The Balaban J connectivity index is 1.58. The molecule has 6 nitrogen and oxygen atoms in total. The first-order valence-corrected chi connectivity index (χ1v) is 10.6. The highest BCUT2D eigenvalue weighted by Gasteiger charge is 2.17. The van der Waals surface area contributed by atoms with Crippen LogP contribution in [0.4, 0.5) is 5.69 Å². The summed E-state index contributed by atoms with van der Waals surface area (Å²) in [6.45, 7) is 0. The molecule has 0 saturated carbocycles. The van der Waals surface area contributed by atoms with Crippen molar-refractivity contribution < 1.29 is 8.42 Å². The van der Waals surface area contributed by atoms with Crippen molar-refractivity contribution in [2.24, 2.45) is 0 Å². The molecule has 5 aromatic rings. The molecular formula is C19H14N4O2S2. The maximum atomic E-state index is 12.5. The van der Waals surface area contributed by atoms with E-state index in [1.54, 1.807) is 29.6 Å². The van der Waals surface area contributed by atoms with Gasteiger partial charge < -0.3 is 4.98 Å². The Morgan fingerprint density at radius 1 is 0.963 bits per heavy atom. The zero-order valence-corrected chi connectivity index (χ0v) is 15.6. The average molecular weight is 394 g/mol. The van der Waals surface area contributed by atoms with Crippen LogP contribution in [0.1, 0.15) is 0 Å². The van der Waals surface area contributed by atoms with E-state index in [4.69, 9.17) is 0 Å². The van der Waals surface area contributed by atoms with Crippen LogP contribution in [0.2, 0.25) is 0 Å². The minimum Gasteiger partial charge on any atom is -0.353 e. The summed E-state index contributed by atoms with van der Waals surface area (Å²) in [4.78, 5) is 3.36. The van der Waals surface area contributed by atoms with E-state index in [1.807, 2.05) is 36.4 Å². The molecule has 0 bridgehead atoms. The number of hydrogen-bond donors (Lipinski definition) is 3. The topological polar surface area (TPSA) is 90.6 Å². The van der Waals surface area contributed by atoms with E-state index in [9.17, 15) is 8.42 Å². The van der Waals surface area contributed by atoms with Gasteiger partial charge in [-0.05, 0) is 41.8 Å². The number of H-pyrrole nitrogens is 2. The van der Waals surface area contributed by atoms with Crippen LogP contribution in [0.15, 0.2) is 70.3 Å². The highest BCUT2D eigenvalue weighted by Crippen LogP contribution is 2.31. The summed E-state index contributed by atoms with van der Waals surface area (Å²) in [5.74, 6) is 0. The summed E-state index contributed by atoms with van der Waals surface area (Å²) in [6.07, 6.45) is 0. The van der Waals surface area contributed by atoms with Crippen LogP contribution in [0.25, 0.3) is 33.2 Å². The zero-order valence-electron chi connectivity index (χ0n) is 13.9. The third-order valence-corrected chi connectivity index (χ3v) is 7.14. The van der Waals surface area contributed by atoms with Crippen LogP contribution in [0.3, 0.4) is 0 Å². The van der Waals surface area contributed by atoms with Crippen molar-refractivity contribution in [2.75, 3.05) is 4.72 Å². The van der Waals surface area contributed by atoms with E-state index in [2.05, 4.69) is 19.9 Å². The van der Waals surface area contributed by atoms with E-state index < -0.39 is 10.0 Å². The number of hydrogen-bond acceptors (Lipinski definition) is 4. The van der Waals surface area contributed by atoms with Crippen molar-refractivity contribution in [2.45, 2.75) is 4.21 Å². The molecule has 3 N–H and O–H groups in total. The predicted octanol–water partition coefficient (Wildman–Crippen LogP) is 4.57. The van der Waals surface area contributed by atoms with Gasteiger partial charge in [0.05, 0.1) is 11.2 Å². The van der Waals surface area contributed by atoms with Gasteiger partial charge in [-0.25, -0.2) is 8.42 Å². The van der Waals surface area contributed by atoms with Gasteiger partial charge in [0.15, 0.2) is 0 Å². The number of anilines is 1. The molecule has 0 aliphatic heterocycles. The molecule has 3 aromatic heterocycles. The molecule has 2 aromatic carbocycles. The molecule has 134 valence electrons. The highest BCUT2D eigenvalue weighted by atomic mass is 32.2. The van der Waals surface area contributed by atoms with Gasteiger partial charge in [-0.15, -0.1) is 11.3 Å². The lowest BCUT2D eigenvalue weighted by Gasteiger charge is -2.06. The smallest absolute Gasteiger partial charge is 0.271 e. The Kier molecular flexibility index (Phi) is 3.56. The Labute approximate surface area is 158 Å². The Bertz CT molecular complexity index is 1330. The van der Waals surface area contributed by atoms with Gasteiger partial charge in [0.1, 0.15) is 9.90 Å². The lowest BCUT2D eigenvalue weighted by molar-refractivity contribution is 0.603. The van der Waals surface area contributed by atoms with Crippen molar-refractivity contribution in [1.82, 2.24) is 15.2 Å². The molecule has 0 amide bonds. The van der Waals surface area contributed by atoms with Gasteiger partial charge in [0, 0.05) is 22.0 Å². The molecule has 27 heavy (non-hydrogen) atoms. The second kappa shape index (κ2) is 5.97. The van der Waals surface area contributed by atoms with E-state index in [0.717, 1.165) is 33.2 Å². The number of thiophene rings is 1. The zero-order chi connectivity index (χ0) is 18.4. The standard InChI is InChI=1S/C19H14N4O2S2/c24-27(25,18-6-3-9-26-18)23-13-7-8-16-14(11-13)19(22-21-16)17-10-12-4-1-2-5-15(12)20-17/h1-11,20,23H,(H,21,22). The average Bonchev–Trinajstić information content (AvgIpc) is 3.39. The molecule has 0 radical (unpaired) electrons. The summed E-state index contributed by atoms with van der Waals surface area (Å²) < 4.78 is 27.9. The van der Waals surface area contributed by atoms with E-state index in [1.165, 1.54) is 11.3 Å². The fraction of sp³-hybridized carbons (Fsp3) is 0. The second-order valence-corrected chi connectivity index (χ2v) is 9.00. The molecular weight excluding hydrogens is 380 g/mol. The molecule has 0 saturated heterocycles. The molecule has 5 rings (SSSR count). The van der Waals surface area contributed by atoms with E-state index in [0.29, 0.717) is 5.69 Å². The Morgan fingerprint density at radius 3 is 2.67 bits per heavy atom. The summed E-state index contributed by atoms with van der Waals surface area (Å²) in [5, 5.41) is 11.1. The minimum absolute atomic E-state index is 0.283. The van der Waals surface area contributed by atoms with Gasteiger partial charge in [-0.1, -0.05) is 24.3 Å². The number of para-hydroxylation sites is 1. The van der Waals surface area contributed by atoms with Crippen molar-refractivity contribution in [1.29, 1.82) is 0 Å². The van der Waals surface area contributed by atoms with Crippen LogP contribution in [0.5, 0.6) is 0 Å². The monoisotopic (exact) mass is 394 g/mol. The second-order valence-electron chi connectivity index (χ2n) is 6.14. The lowest BCUT2D eigenvalue weighted by atomic mass is 10.1. The first-order valence-electron chi connectivity index (χ1n) is 8.23.